The van der Waals surface area contributed by atoms with E-state index in [1.54, 1.807) is 6.07 Å². The first kappa shape index (κ1) is 12.6. The van der Waals surface area contributed by atoms with Crippen LogP contribution in [-0.4, -0.2) is 11.1 Å². The van der Waals surface area contributed by atoms with Crippen molar-refractivity contribution in [3.05, 3.63) is 58.3 Å². The molecule has 0 spiro atoms. The summed E-state index contributed by atoms with van der Waals surface area (Å²) < 4.78 is 19.4. The molecule has 18 heavy (non-hydrogen) atoms. The van der Waals surface area contributed by atoms with E-state index in [-0.39, 0.29) is 11.3 Å². The van der Waals surface area contributed by atoms with E-state index < -0.39 is 11.8 Å². The molecule has 0 saturated heterocycles. The molecule has 92 valence electrons. The molecule has 0 amide bonds. The van der Waals surface area contributed by atoms with E-state index in [0.29, 0.717) is 10.2 Å². The second-order valence-electron chi connectivity index (χ2n) is 3.51. The van der Waals surface area contributed by atoms with Crippen LogP contribution in [-0.2, 0) is 0 Å². The molecule has 0 aliphatic carbocycles. The molecule has 0 aromatic heterocycles. The molecule has 3 nitrogen and oxygen atoms in total. The Morgan fingerprint density at radius 2 is 1.83 bits per heavy atom. The van der Waals surface area contributed by atoms with Gasteiger partial charge < -0.3 is 9.84 Å². The maximum absolute atomic E-state index is 13.4. The fraction of sp³-hybridized carbons (Fsp3) is 0. The number of hydrogen-bond acceptors (Lipinski definition) is 2. The van der Waals surface area contributed by atoms with Crippen LogP contribution in [0, 0.1) is 5.82 Å². The summed E-state index contributed by atoms with van der Waals surface area (Å²) in [5.74, 6) is -1.06. The zero-order valence-electron chi connectivity index (χ0n) is 9.06. The van der Waals surface area contributed by atoms with Crippen LogP contribution in [0.2, 0.25) is 0 Å². The third-order valence-corrected chi connectivity index (χ3v) is 2.72. The van der Waals surface area contributed by atoms with Crippen molar-refractivity contribution in [1.82, 2.24) is 0 Å². The number of aromatic carboxylic acids is 1. The van der Waals surface area contributed by atoms with Crippen LogP contribution in [0.1, 0.15) is 10.4 Å². The smallest absolute Gasteiger partial charge is 0.335 e. The van der Waals surface area contributed by atoms with Crippen LogP contribution in [0.15, 0.2) is 46.9 Å². The standard InChI is InChI=1S/C13H8BrFO3/c14-9-3-6-11(15)12(7-9)18-10-4-1-8(2-5-10)13(16)17/h1-7H,(H,16,17). The molecule has 2 aromatic rings. The predicted molar refractivity (Wildman–Crippen MR) is 67.6 cm³/mol. The lowest BCUT2D eigenvalue weighted by molar-refractivity contribution is 0.0697. The van der Waals surface area contributed by atoms with Gasteiger partial charge in [-0.25, -0.2) is 9.18 Å². The van der Waals surface area contributed by atoms with Crippen molar-refractivity contribution >= 4 is 21.9 Å². The molecular weight excluding hydrogens is 303 g/mol. The Balaban J connectivity index is 2.23. The van der Waals surface area contributed by atoms with Crippen molar-refractivity contribution < 1.29 is 19.0 Å². The first-order valence-electron chi connectivity index (χ1n) is 5.02. The van der Waals surface area contributed by atoms with Crippen molar-refractivity contribution in [2.45, 2.75) is 0 Å². The van der Waals surface area contributed by atoms with Gasteiger partial charge in [-0.1, -0.05) is 15.9 Å². The van der Waals surface area contributed by atoms with Crippen LogP contribution in [0.25, 0.3) is 0 Å². The summed E-state index contributed by atoms with van der Waals surface area (Å²) in [7, 11) is 0. The molecule has 0 fully saturated rings. The summed E-state index contributed by atoms with van der Waals surface area (Å²) >= 11 is 3.22. The molecule has 0 aliphatic heterocycles. The first-order valence-corrected chi connectivity index (χ1v) is 5.82. The van der Waals surface area contributed by atoms with Gasteiger partial charge in [0, 0.05) is 4.47 Å². The quantitative estimate of drug-likeness (QED) is 0.929. The monoisotopic (exact) mass is 310 g/mol. The fourth-order valence-corrected chi connectivity index (χ4v) is 1.69. The molecule has 0 saturated carbocycles. The van der Waals surface area contributed by atoms with Crippen LogP contribution in [0.4, 0.5) is 4.39 Å². The van der Waals surface area contributed by atoms with Gasteiger partial charge in [0.15, 0.2) is 11.6 Å². The number of hydrogen-bond donors (Lipinski definition) is 1. The molecule has 2 aromatic carbocycles. The summed E-state index contributed by atoms with van der Waals surface area (Å²) in [4.78, 5) is 10.7. The second-order valence-corrected chi connectivity index (χ2v) is 4.42. The number of carboxylic acids is 1. The number of benzene rings is 2. The number of carboxylic acid groups (broad SMARTS) is 1. The van der Waals surface area contributed by atoms with Gasteiger partial charge in [0.05, 0.1) is 5.56 Å². The van der Waals surface area contributed by atoms with Crippen molar-refractivity contribution in [2.24, 2.45) is 0 Å². The van der Waals surface area contributed by atoms with Gasteiger partial charge >= 0.3 is 5.97 Å². The van der Waals surface area contributed by atoms with E-state index in [4.69, 9.17) is 9.84 Å². The summed E-state index contributed by atoms with van der Waals surface area (Å²) in [5, 5.41) is 8.74. The summed E-state index contributed by atoms with van der Waals surface area (Å²) in [6, 6.07) is 10.1. The van der Waals surface area contributed by atoms with Gasteiger partial charge in [-0.05, 0) is 42.5 Å². The van der Waals surface area contributed by atoms with Crippen LogP contribution in [0.5, 0.6) is 11.5 Å². The van der Waals surface area contributed by atoms with Crippen molar-refractivity contribution in [1.29, 1.82) is 0 Å². The van der Waals surface area contributed by atoms with Gasteiger partial charge in [0.1, 0.15) is 5.75 Å². The Kier molecular flexibility index (Phi) is 3.62. The topological polar surface area (TPSA) is 46.5 Å². The van der Waals surface area contributed by atoms with E-state index in [1.807, 2.05) is 0 Å². The molecule has 0 aliphatic rings. The van der Waals surface area contributed by atoms with E-state index in [1.165, 1.54) is 36.4 Å². The van der Waals surface area contributed by atoms with E-state index in [9.17, 15) is 9.18 Å². The lowest BCUT2D eigenvalue weighted by Crippen LogP contribution is -1.95. The lowest BCUT2D eigenvalue weighted by atomic mass is 10.2. The molecule has 2 rings (SSSR count). The highest BCUT2D eigenvalue weighted by Crippen LogP contribution is 2.27. The molecule has 0 bridgehead atoms. The molecule has 1 N–H and O–H groups in total. The average Bonchev–Trinajstić information content (AvgIpc) is 2.34. The van der Waals surface area contributed by atoms with Gasteiger partial charge in [0.2, 0.25) is 0 Å². The number of rotatable bonds is 3. The first-order chi connectivity index (χ1) is 8.56. The predicted octanol–water partition coefficient (Wildman–Crippen LogP) is 4.08. The zero-order chi connectivity index (χ0) is 13.1. The Hall–Kier alpha value is -1.88. The molecule has 0 heterocycles. The van der Waals surface area contributed by atoms with Crippen LogP contribution >= 0.6 is 15.9 Å². The zero-order valence-corrected chi connectivity index (χ0v) is 10.6. The molecule has 0 radical (unpaired) electrons. The maximum Gasteiger partial charge on any atom is 0.335 e. The van der Waals surface area contributed by atoms with Crippen molar-refractivity contribution in [2.75, 3.05) is 0 Å². The Labute approximate surface area is 111 Å². The summed E-state index contributed by atoms with van der Waals surface area (Å²) in [6.07, 6.45) is 0. The normalized spacial score (nSPS) is 10.1. The van der Waals surface area contributed by atoms with E-state index in [0.717, 1.165) is 0 Å². The number of carbonyl (C=O) groups is 1. The third kappa shape index (κ3) is 2.87. The highest BCUT2D eigenvalue weighted by Gasteiger charge is 2.07. The third-order valence-electron chi connectivity index (χ3n) is 2.22. The highest BCUT2D eigenvalue weighted by molar-refractivity contribution is 9.10. The average molecular weight is 311 g/mol. The minimum absolute atomic E-state index is 0.0763. The lowest BCUT2D eigenvalue weighted by Gasteiger charge is -2.07. The van der Waals surface area contributed by atoms with Crippen molar-refractivity contribution in [3.63, 3.8) is 0 Å². The highest BCUT2D eigenvalue weighted by atomic mass is 79.9. The molecule has 0 unspecified atom stereocenters. The SMILES string of the molecule is O=C(O)c1ccc(Oc2cc(Br)ccc2F)cc1. The minimum Gasteiger partial charge on any atom is -0.478 e. The second kappa shape index (κ2) is 5.18. The summed E-state index contributed by atoms with van der Waals surface area (Å²) in [5.41, 5.74) is 0.150. The van der Waals surface area contributed by atoms with Gasteiger partial charge in [-0.15, -0.1) is 0 Å². The van der Waals surface area contributed by atoms with Crippen molar-refractivity contribution in [3.8, 4) is 11.5 Å². The Morgan fingerprint density at radius 3 is 2.44 bits per heavy atom. The van der Waals surface area contributed by atoms with E-state index >= 15 is 0 Å². The number of halogens is 2. The molecule has 0 atom stereocenters. The maximum atomic E-state index is 13.4. The van der Waals surface area contributed by atoms with Crippen LogP contribution in [0.3, 0.4) is 0 Å². The number of ether oxygens (including phenoxy) is 1. The Bertz CT molecular complexity index is 581. The summed E-state index contributed by atoms with van der Waals surface area (Å²) in [6.45, 7) is 0. The van der Waals surface area contributed by atoms with Crippen LogP contribution < -0.4 is 4.74 Å². The molecule has 5 heteroatoms. The largest absolute Gasteiger partial charge is 0.478 e. The Morgan fingerprint density at radius 1 is 1.17 bits per heavy atom. The van der Waals surface area contributed by atoms with E-state index in [2.05, 4.69) is 15.9 Å². The minimum atomic E-state index is -1.02. The van der Waals surface area contributed by atoms with Gasteiger partial charge in [-0.2, -0.15) is 0 Å². The van der Waals surface area contributed by atoms with Gasteiger partial charge in [0.25, 0.3) is 0 Å². The fourth-order valence-electron chi connectivity index (χ4n) is 1.35. The van der Waals surface area contributed by atoms with Gasteiger partial charge in [-0.3, -0.25) is 0 Å². The molecular formula is C13H8BrFO3.